The Kier molecular flexibility index (Phi) is 5.18. The summed E-state index contributed by atoms with van der Waals surface area (Å²) < 4.78 is 0. The molecule has 0 aromatic heterocycles. The van der Waals surface area contributed by atoms with Crippen LogP contribution in [0.15, 0.2) is 24.3 Å². The molecule has 0 unspecified atom stereocenters. The third-order valence-corrected chi connectivity index (χ3v) is 2.89. The second-order valence-corrected chi connectivity index (χ2v) is 5.09. The van der Waals surface area contributed by atoms with Crippen LogP contribution in [0.4, 0.5) is 0 Å². The summed E-state index contributed by atoms with van der Waals surface area (Å²) in [5.74, 6) is 0. The van der Waals surface area contributed by atoms with Crippen LogP contribution < -0.4 is 5.32 Å². The molecule has 2 heteroatoms. The number of aryl methyl sites for hydroxylation is 1. The lowest BCUT2D eigenvalue weighted by Crippen LogP contribution is -2.29. The molecule has 1 aromatic rings. The molecule has 1 aromatic carbocycles. The third-order valence-electron chi connectivity index (χ3n) is 2.89. The van der Waals surface area contributed by atoms with Crippen LogP contribution in [0.3, 0.4) is 0 Å². The van der Waals surface area contributed by atoms with Crippen LogP contribution in [0.25, 0.3) is 0 Å². The fourth-order valence-corrected chi connectivity index (χ4v) is 1.61. The third kappa shape index (κ3) is 5.01. The first-order valence-electron chi connectivity index (χ1n) is 6.27. The van der Waals surface area contributed by atoms with Crippen molar-refractivity contribution in [2.75, 3.05) is 13.1 Å². The maximum absolute atomic E-state index is 8.88. The first-order chi connectivity index (χ1) is 8.07. The first kappa shape index (κ1) is 13.7. The zero-order chi connectivity index (χ0) is 12.7. The number of benzene rings is 1. The molecule has 17 heavy (non-hydrogen) atoms. The molecule has 0 saturated heterocycles. The van der Waals surface area contributed by atoms with Gasteiger partial charge >= 0.3 is 0 Å². The second-order valence-electron chi connectivity index (χ2n) is 5.09. The summed E-state index contributed by atoms with van der Waals surface area (Å²) in [5, 5.41) is 12.2. The molecule has 0 aliphatic heterocycles. The smallest absolute Gasteiger partial charge is 0.0697 e. The molecule has 0 fully saturated rings. The zero-order valence-corrected chi connectivity index (χ0v) is 11.1. The molecule has 0 spiro atoms. The Hall–Kier alpha value is -1.33. The van der Waals surface area contributed by atoms with E-state index in [9.17, 15) is 0 Å². The number of nitrogens with zero attached hydrogens (tertiary/aromatic N) is 1. The molecule has 0 atom stereocenters. The van der Waals surface area contributed by atoms with E-state index in [1.54, 1.807) is 0 Å². The fourth-order valence-electron chi connectivity index (χ4n) is 1.61. The molecule has 0 aliphatic carbocycles. The van der Waals surface area contributed by atoms with Gasteiger partial charge in [-0.15, -0.1) is 0 Å². The van der Waals surface area contributed by atoms with Crippen LogP contribution in [-0.4, -0.2) is 13.1 Å². The van der Waals surface area contributed by atoms with Crippen LogP contribution in [-0.2, 0) is 12.8 Å². The van der Waals surface area contributed by atoms with Gasteiger partial charge in [0.05, 0.1) is 11.5 Å². The molecule has 0 radical (unpaired) electrons. The zero-order valence-electron chi connectivity index (χ0n) is 11.1. The standard InChI is InChI=1S/C15H22N2/c1-4-13-5-7-14(8-6-13)9-10-17-12-15(2,3)11-16/h5-8,17H,4,9-10,12H2,1-3H3. The fraction of sp³-hybridized carbons (Fsp3) is 0.533. The van der Waals surface area contributed by atoms with Gasteiger partial charge in [0.15, 0.2) is 0 Å². The van der Waals surface area contributed by atoms with E-state index in [1.165, 1.54) is 11.1 Å². The average molecular weight is 230 g/mol. The predicted molar refractivity (Wildman–Crippen MR) is 71.8 cm³/mol. The number of nitriles is 1. The van der Waals surface area contributed by atoms with Crippen molar-refractivity contribution in [2.45, 2.75) is 33.6 Å². The molecular weight excluding hydrogens is 208 g/mol. The van der Waals surface area contributed by atoms with Crippen molar-refractivity contribution >= 4 is 0 Å². The maximum atomic E-state index is 8.88. The van der Waals surface area contributed by atoms with Crippen LogP contribution in [0, 0.1) is 16.7 Å². The molecule has 0 saturated carbocycles. The molecule has 92 valence electrons. The van der Waals surface area contributed by atoms with Gasteiger partial charge in [0.1, 0.15) is 0 Å². The predicted octanol–water partition coefficient (Wildman–Crippen LogP) is 2.93. The largest absolute Gasteiger partial charge is 0.315 e. The monoisotopic (exact) mass is 230 g/mol. The quantitative estimate of drug-likeness (QED) is 0.763. The van der Waals surface area contributed by atoms with E-state index in [0.717, 1.165) is 25.9 Å². The molecule has 0 aliphatic rings. The maximum Gasteiger partial charge on any atom is 0.0697 e. The van der Waals surface area contributed by atoms with Crippen molar-refractivity contribution in [3.63, 3.8) is 0 Å². The lowest BCUT2D eigenvalue weighted by Gasteiger charge is -2.15. The molecule has 0 amide bonds. The summed E-state index contributed by atoms with van der Waals surface area (Å²) in [6.45, 7) is 7.75. The number of hydrogen-bond donors (Lipinski definition) is 1. The van der Waals surface area contributed by atoms with Crippen LogP contribution in [0.1, 0.15) is 31.9 Å². The minimum Gasteiger partial charge on any atom is -0.315 e. The normalized spacial score (nSPS) is 11.2. The van der Waals surface area contributed by atoms with Gasteiger partial charge in [-0.25, -0.2) is 0 Å². The van der Waals surface area contributed by atoms with Crippen molar-refractivity contribution in [2.24, 2.45) is 5.41 Å². The Bertz CT molecular complexity index is 371. The van der Waals surface area contributed by atoms with E-state index >= 15 is 0 Å². The van der Waals surface area contributed by atoms with Crippen molar-refractivity contribution in [1.82, 2.24) is 5.32 Å². The van der Waals surface area contributed by atoms with Crippen LogP contribution in [0.2, 0.25) is 0 Å². The highest BCUT2D eigenvalue weighted by Gasteiger charge is 2.14. The molecule has 2 nitrogen and oxygen atoms in total. The van der Waals surface area contributed by atoms with Gasteiger partial charge in [0.2, 0.25) is 0 Å². The summed E-state index contributed by atoms with van der Waals surface area (Å²) in [6, 6.07) is 11.1. The van der Waals surface area contributed by atoms with Gasteiger partial charge in [-0.3, -0.25) is 0 Å². The number of hydrogen-bond acceptors (Lipinski definition) is 2. The SMILES string of the molecule is CCc1ccc(CCNCC(C)(C)C#N)cc1. The van der Waals surface area contributed by atoms with Gasteiger partial charge in [-0.05, 0) is 44.4 Å². The van der Waals surface area contributed by atoms with Gasteiger partial charge < -0.3 is 5.32 Å². The second kappa shape index (κ2) is 6.42. The Labute approximate surface area is 105 Å². The molecule has 0 bridgehead atoms. The van der Waals surface area contributed by atoms with E-state index in [2.05, 4.69) is 42.6 Å². The van der Waals surface area contributed by atoms with E-state index in [1.807, 2.05) is 13.8 Å². The Morgan fingerprint density at radius 3 is 2.29 bits per heavy atom. The van der Waals surface area contributed by atoms with Crippen LogP contribution >= 0.6 is 0 Å². The highest BCUT2D eigenvalue weighted by molar-refractivity contribution is 5.22. The van der Waals surface area contributed by atoms with Crippen molar-refractivity contribution in [3.05, 3.63) is 35.4 Å². The number of rotatable bonds is 6. The van der Waals surface area contributed by atoms with Crippen molar-refractivity contribution in [3.8, 4) is 6.07 Å². The van der Waals surface area contributed by atoms with E-state index in [-0.39, 0.29) is 5.41 Å². The highest BCUT2D eigenvalue weighted by Crippen LogP contribution is 2.10. The molecule has 1 rings (SSSR count). The minimum atomic E-state index is -0.272. The van der Waals surface area contributed by atoms with Gasteiger partial charge in [-0.1, -0.05) is 31.2 Å². The molecular formula is C15H22N2. The minimum absolute atomic E-state index is 0.272. The van der Waals surface area contributed by atoms with E-state index < -0.39 is 0 Å². The Morgan fingerprint density at radius 1 is 1.18 bits per heavy atom. The molecule has 0 heterocycles. The average Bonchev–Trinajstić information content (AvgIpc) is 2.35. The molecule has 1 N–H and O–H groups in total. The van der Waals surface area contributed by atoms with Crippen molar-refractivity contribution in [1.29, 1.82) is 5.26 Å². The Morgan fingerprint density at radius 2 is 1.76 bits per heavy atom. The summed E-state index contributed by atoms with van der Waals surface area (Å²) >= 11 is 0. The lowest BCUT2D eigenvalue weighted by molar-refractivity contribution is 0.447. The Balaban J connectivity index is 2.29. The van der Waals surface area contributed by atoms with E-state index in [0.29, 0.717) is 0 Å². The highest BCUT2D eigenvalue weighted by atomic mass is 14.9. The van der Waals surface area contributed by atoms with Gasteiger partial charge in [0.25, 0.3) is 0 Å². The van der Waals surface area contributed by atoms with Crippen LogP contribution in [0.5, 0.6) is 0 Å². The summed E-state index contributed by atoms with van der Waals surface area (Å²) in [4.78, 5) is 0. The van der Waals surface area contributed by atoms with Gasteiger partial charge in [-0.2, -0.15) is 5.26 Å². The van der Waals surface area contributed by atoms with Crippen molar-refractivity contribution < 1.29 is 0 Å². The van der Waals surface area contributed by atoms with Gasteiger partial charge in [0, 0.05) is 6.54 Å². The van der Waals surface area contributed by atoms with E-state index in [4.69, 9.17) is 5.26 Å². The lowest BCUT2D eigenvalue weighted by atomic mass is 9.96. The topological polar surface area (TPSA) is 35.8 Å². The summed E-state index contributed by atoms with van der Waals surface area (Å²) in [6.07, 6.45) is 2.11. The summed E-state index contributed by atoms with van der Waals surface area (Å²) in [7, 11) is 0. The first-order valence-corrected chi connectivity index (χ1v) is 6.27. The number of nitrogens with one attached hydrogen (secondary N) is 1. The summed E-state index contributed by atoms with van der Waals surface area (Å²) in [5.41, 5.74) is 2.46.